The molecule has 4 rings (SSSR count). The maximum absolute atomic E-state index is 5.03. The van der Waals surface area contributed by atoms with Crippen molar-refractivity contribution in [2.75, 3.05) is 0 Å². The average Bonchev–Trinajstić information content (AvgIpc) is 3.03. The van der Waals surface area contributed by atoms with Gasteiger partial charge in [0.1, 0.15) is 5.54 Å². The molecule has 0 fully saturated rings. The quantitative estimate of drug-likeness (QED) is 0.660. The first-order valence-electron chi connectivity index (χ1n) is 8.13. The number of hydrogen-bond acceptors (Lipinski definition) is 2. The summed E-state index contributed by atoms with van der Waals surface area (Å²) in [4.78, 5) is 9.96. The Balaban J connectivity index is 1.89. The lowest BCUT2D eigenvalue weighted by molar-refractivity contribution is 0.695. The molecule has 3 aromatic rings. The van der Waals surface area contributed by atoms with Crippen molar-refractivity contribution in [1.82, 2.24) is 0 Å². The minimum absolute atomic E-state index is 0.478. The summed E-state index contributed by atoms with van der Waals surface area (Å²) in [7, 11) is 0. The molecule has 0 bridgehead atoms. The van der Waals surface area contributed by atoms with E-state index >= 15 is 0 Å². The van der Waals surface area contributed by atoms with Crippen molar-refractivity contribution < 1.29 is 0 Å². The molecule has 2 nitrogen and oxygen atoms in total. The molecule has 24 heavy (non-hydrogen) atoms. The van der Waals surface area contributed by atoms with E-state index in [0.717, 1.165) is 28.2 Å². The highest BCUT2D eigenvalue weighted by Crippen LogP contribution is 2.35. The van der Waals surface area contributed by atoms with Gasteiger partial charge in [-0.15, -0.1) is 0 Å². The van der Waals surface area contributed by atoms with Crippen molar-refractivity contribution in [2.24, 2.45) is 9.98 Å². The lowest BCUT2D eigenvalue weighted by atomic mass is 9.84. The van der Waals surface area contributed by atoms with E-state index in [9.17, 15) is 0 Å². The Hall–Kier alpha value is -3.00. The normalized spacial score (nSPS) is 19.7. The molecule has 0 saturated carbocycles. The zero-order valence-corrected chi connectivity index (χ0v) is 13.6. The number of benzene rings is 3. The van der Waals surface area contributed by atoms with E-state index in [1.807, 2.05) is 42.5 Å². The Kier molecular flexibility index (Phi) is 3.58. The molecule has 1 unspecified atom stereocenters. The topological polar surface area (TPSA) is 24.7 Å². The largest absolute Gasteiger partial charge is 0.248 e. The molecule has 0 radical (unpaired) electrons. The standard InChI is InChI=1S/C22H18N2/c1-22(19-15-9-4-10-16-19)20(17-11-5-2-6-12-17)23-21(24-22)18-13-7-3-8-14-18/h2-16H,1H3. The first kappa shape index (κ1) is 14.6. The number of rotatable bonds is 3. The Morgan fingerprint density at radius 3 is 1.71 bits per heavy atom. The van der Waals surface area contributed by atoms with Crippen molar-refractivity contribution in [2.45, 2.75) is 12.5 Å². The Morgan fingerprint density at radius 2 is 1.12 bits per heavy atom. The second kappa shape index (κ2) is 5.89. The van der Waals surface area contributed by atoms with E-state index in [4.69, 9.17) is 9.98 Å². The third-order valence-electron chi connectivity index (χ3n) is 4.42. The fourth-order valence-corrected chi connectivity index (χ4v) is 3.13. The Morgan fingerprint density at radius 1 is 0.625 bits per heavy atom. The minimum atomic E-state index is -0.478. The fraction of sp³-hybridized carbons (Fsp3) is 0.0909. The molecule has 0 N–H and O–H groups in total. The van der Waals surface area contributed by atoms with Crippen LogP contribution in [0.2, 0.25) is 0 Å². The molecule has 0 saturated heterocycles. The van der Waals surface area contributed by atoms with Crippen LogP contribution in [0.3, 0.4) is 0 Å². The molecule has 1 atom stereocenters. The second-order valence-electron chi connectivity index (χ2n) is 6.07. The average molecular weight is 310 g/mol. The number of aliphatic imine (C=N–C) groups is 2. The van der Waals surface area contributed by atoms with E-state index < -0.39 is 5.54 Å². The fourth-order valence-electron chi connectivity index (χ4n) is 3.13. The summed E-state index contributed by atoms with van der Waals surface area (Å²) in [6, 6.07) is 30.9. The van der Waals surface area contributed by atoms with Crippen molar-refractivity contribution in [3.05, 3.63) is 108 Å². The third kappa shape index (κ3) is 2.46. The smallest absolute Gasteiger partial charge is 0.156 e. The van der Waals surface area contributed by atoms with E-state index in [-0.39, 0.29) is 0 Å². The molecular weight excluding hydrogens is 292 g/mol. The highest BCUT2D eigenvalue weighted by molar-refractivity contribution is 6.20. The van der Waals surface area contributed by atoms with Crippen LogP contribution in [-0.2, 0) is 5.54 Å². The first-order valence-corrected chi connectivity index (χ1v) is 8.13. The molecule has 2 heteroatoms. The lowest BCUT2D eigenvalue weighted by Crippen LogP contribution is -2.28. The predicted molar refractivity (Wildman–Crippen MR) is 99.8 cm³/mol. The molecule has 0 spiro atoms. The summed E-state index contributed by atoms with van der Waals surface area (Å²) < 4.78 is 0. The van der Waals surface area contributed by atoms with Crippen LogP contribution in [0.1, 0.15) is 23.6 Å². The van der Waals surface area contributed by atoms with Gasteiger partial charge in [0.15, 0.2) is 5.84 Å². The van der Waals surface area contributed by atoms with Gasteiger partial charge in [-0.25, -0.2) is 9.98 Å². The first-order chi connectivity index (χ1) is 11.8. The van der Waals surface area contributed by atoms with Gasteiger partial charge in [-0.2, -0.15) is 0 Å². The van der Waals surface area contributed by atoms with Crippen LogP contribution < -0.4 is 0 Å². The maximum Gasteiger partial charge on any atom is 0.156 e. The van der Waals surface area contributed by atoms with Crippen LogP contribution in [0, 0.1) is 0 Å². The van der Waals surface area contributed by atoms with Gasteiger partial charge < -0.3 is 0 Å². The zero-order chi connectivity index (χ0) is 16.4. The van der Waals surface area contributed by atoms with Gasteiger partial charge in [0.2, 0.25) is 0 Å². The SMILES string of the molecule is CC1(c2ccccc2)N=C(c2ccccc2)N=C1c1ccccc1. The van der Waals surface area contributed by atoms with Crippen molar-refractivity contribution in [1.29, 1.82) is 0 Å². The number of nitrogens with zero attached hydrogens (tertiary/aromatic N) is 2. The van der Waals surface area contributed by atoms with Crippen molar-refractivity contribution >= 4 is 11.5 Å². The molecule has 3 aromatic carbocycles. The van der Waals surface area contributed by atoms with Crippen LogP contribution in [0.5, 0.6) is 0 Å². The summed E-state index contributed by atoms with van der Waals surface area (Å²) in [6.07, 6.45) is 0. The van der Waals surface area contributed by atoms with Gasteiger partial charge in [0.25, 0.3) is 0 Å². The molecule has 1 heterocycles. The molecule has 116 valence electrons. The summed E-state index contributed by atoms with van der Waals surface area (Å²) >= 11 is 0. The second-order valence-corrected chi connectivity index (χ2v) is 6.07. The van der Waals surface area contributed by atoms with Gasteiger partial charge in [-0.05, 0) is 18.1 Å². The Labute approximate surface area is 142 Å². The monoisotopic (exact) mass is 310 g/mol. The number of amidine groups is 1. The van der Waals surface area contributed by atoms with Crippen LogP contribution in [0.15, 0.2) is 101 Å². The van der Waals surface area contributed by atoms with E-state index in [1.165, 1.54) is 0 Å². The third-order valence-corrected chi connectivity index (χ3v) is 4.42. The zero-order valence-electron chi connectivity index (χ0n) is 13.6. The van der Waals surface area contributed by atoms with Crippen LogP contribution in [0.25, 0.3) is 0 Å². The Bertz CT molecular complexity index is 896. The van der Waals surface area contributed by atoms with Gasteiger partial charge in [0, 0.05) is 5.56 Å². The molecule has 0 aliphatic carbocycles. The van der Waals surface area contributed by atoms with E-state index in [1.54, 1.807) is 0 Å². The highest BCUT2D eigenvalue weighted by atomic mass is 15.1. The van der Waals surface area contributed by atoms with Crippen LogP contribution >= 0.6 is 0 Å². The summed E-state index contributed by atoms with van der Waals surface area (Å²) in [5.74, 6) is 0.792. The van der Waals surface area contributed by atoms with E-state index in [0.29, 0.717) is 0 Å². The molecule has 1 aliphatic rings. The van der Waals surface area contributed by atoms with Gasteiger partial charge in [-0.3, -0.25) is 0 Å². The molecular formula is C22H18N2. The maximum atomic E-state index is 5.03. The number of hydrogen-bond donors (Lipinski definition) is 0. The van der Waals surface area contributed by atoms with Gasteiger partial charge in [0.05, 0.1) is 5.71 Å². The van der Waals surface area contributed by atoms with Crippen LogP contribution in [-0.4, -0.2) is 11.5 Å². The minimum Gasteiger partial charge on any atom is -0.248 e. The highest BCUT2D eigenvalue weighted by Gasteiger charge is 2.38. The summed E-state index contributed by atoms with van der Waals surface area (Å²) in [6.45, 7) is 2.14. The lowest BCUT2D eigenvalue weighted by Gasteiger charge is -2.24. The predicted octanol–water partition coefficient (Wildman–Crippen LogP) is 4.85. The van der Waals surface area contributed by atoms with Crippen LogP contribution in [0.4, 0.5) is 0 Å². The summed E-state index contributed by atoms with van der Waals surface area (Å²) in [5, 5.41) is 0. The molecule has 0 aromatic heterocycles. The van der Waals surface area contributed by atoms with Crippen molar-refractivity contribution in [3.63, 3.8) is 0 Å². The summed E-state index contributed by atoms with van der Waals surface area (Å²) in [5.41, 5.74) is 3.82. The van der Waals surface area contributed by atoms with Crippen molar-refractivity contribution in [3.8, 4) is 0 Å². The van der Waals surface area contributed by atoms with Gasteiger partial charge in [-0.1, -0.05) is 91.0 Å². The van der Waals surface area contributed by atoms with Gasteiger partial charge >= 0.3 is 0 Å². The molecule has 1 aliphatic heterocycles. The van der Waals surface area contributed by atoms with E-state index in [2.05, 4.69) is 55.5 Å². The molecule has 0 amide bonds.